The Morgan fingerprint density at radius 3 is 2.48 bits per heavy atom. The van der Waals surface area contributed by atoms with Crippen LogP contribution in [0.15, 0.2) is 53.1 Å². The zero-order chi connectivity index (χ0) is 21.1. The summed E-state index contributed by atoms with van der Waals surface area (Å²) in [5.41, 5.74) is 0.0395. The molecule has 7 nitrogen and oxygen atoms in total. The molecule has 0 fully saturated rings. The Hall–Kier alpha value is -2.52. The van der Waals surface area contributed by atoms with Crippen molar-refractivity contribution in [2.45, 2.75) is 0 Å². The summed E-state index contributed by atoms with van der Waals surface area (Å²) < 4.78 is 11.3. The molecule has 0 aliphatic carbocycles. The normalized spacial score (nSPS) is 10.5. The van der Waals surface area contributed by atoms with Gasteiger partial charge in [0.15, 0.2) is 17.3 Å². The van der Waals surface area contributed by atoms with Crippen LogP contribution in [-0.4, -0.2) is 17.0 Å². The first-order valence-electron chi connectivity index (χ1n) is 7.79. The number of nitrogens with zero attached hydrogens (tertiary/aromatic N) is 1. The van der Waals surface area contributed by atoms with Gasteiger partial charge in [-0.25, -0.2) is 9.10 Å². The minimum Gasteiger partial charge on any atom is -0.504 e. The monoisotopic (exact) mass is 472 g/mol. The maximum absolute atomic E-state index is 12.3. The summed E-state index contributed by atoms with van der Waals surface area (Å²) in [6.45, 7) is 0. The van der Waals surface area contributed by atoms with Crippen LogP contribution < -0.4 is 14.4 Å². The Balaban J connectivity index is 1.84. The third kappa shape index (κ3) is 4.91. The quantitative estimate of drug-likeness (QED) is 0.408. The predicted octanol–water partition coefficient (Wildman–Crippen LogP) is 5.94. The lowest BCUT2D eigenvalue weighted by Crippen LogP contribution is -2.38. The maximum Gasteiger partial charge on any atom is 0.338 e. The summed E-state index contributed by atoms with van der Waals surface area (Å²) in [6, 6.07) is 8.91. The molecule has 0 atom stereocenters. The van der Waals surface area contributed by atoms with Gasteiger partial charge in [-0.15, -0.1) is 0 Å². The van der Waals surface area contributed by atoms with Crippen LogP contribution in [0.3, 0.4) is 0 Å². The first-order chi connectivity index (χ1) is 13.8. The van der Waals surface area contributed by atoms with Gasteiger partial charge in [0.05, 0.1) is 22.0 Å². The van der Waals surface area contributed by atoms with Gasteiger partial charge in [-0.3, -0.25) is 10.1 Å². The summed E-state index contributed by atoms with van der Waals surface area (Å²) in [5.74, 6) is -0.976. The number of anilines is 1. The number of phenols is 1. The van der Waals surface area contributed by atoms with Gasteiger partial charge in [-0.1, -0.05) is 47.6 Å². The lowest BCUT2D eigenvalue weighted by Gasteiger charge is -2.19. The minimum atomic E-state index is -0.905. The number of benzene rings is 2. The number of ether oxygens (including phenoxy) is 1. The first kappa shape index (κ1) is 21.2. The highest BCUT2D eigenvalue weighted by molar-refractivity contribution is 7.82. The number of halogens is 3. The molecule has 0 radical (unpaired) electrons. The number of urea groups is 1. The molecule has 1 aromatic heterocycles. The van der Waals surface area contributed by atoms with Gasteiger partial charge in [0.2, 0.25) is 0 Å². The zero-order valence-electron chi connectivity index (χ0n) is 14.2. The zero-order valence-corrected chi connectivity index (χ0v) is 17.4. The number of rotatable bonds is 4. The van der Waals surface area contributed by atoms with Crippen molar-refractivity contribution in [3.05, 3.63) is 69.6 Å². The Bertz CT molecular complexity index is 1080. The van der Waals surface area contributed by atoms with Gasteiger partial charge in [0.25, 0.3) is 5.91 Å². The van der Waals surface area contributed by atoms with Gasteiger partial charge < -0.3 is 14.3 Å². The Morgan fingerprint density at radius 1 is 1.07 bits per heavy atom. The molecule has 3 rings (SSSR count). The molecule has 3 amide bonds. The molecule has 3 aromatic rings. The average molecular weight is 474 g/mol. The number of hydrogen-bond acceptors (Lipinski definition) is 6. The molecule has 0 aliphatic heterocycles. The number of carbonyl (C=O) groups is 2. The fourth-order valence-corrected chi connectivity index (χ4v) is 3.15. The van der Waals surface area contributed by atoms with E-state index in [1.807, 2.05) is 0 Å². The van der Waals surface area contributed by atoms with Crippen LogP contribution in [-0.2, 0) is 0 Å². The average Bonchev–Trinajstić information content (AvgIpc) is 3.20. The van der Waals surface area contributed by atoms with Crippen molar-refractivity contribution < 1.29 is 23.8 Å². The number of imide groups is 1. The van der Waals surface area contributed by atoms with Gasteiger partial charge in [-0.2, -0.15) is 0 Å². The van der Waals surface area contributed by atoms with Crippen molar-refractivity contribution in [1.29, 1.82) is 0 Å². The molecule has 11 heteroatoms. The van der Waals surface area contributed by atoms with Crippen molar-refractivity contribution in [2.75, 3.05) is 4.31 Å². The van der Waals surface area contributed by atoms with Crippen molar-refractivity contribution in [3.63, 3.8) is 0 Å². The molecule has 150 valence electrons. The van der Waals surface area contributed by atoms with E-state index in [1.165, 1.54) is 36.6 Å². The number of nitrogens with one attached hydrogen (secondary N) is 1. The van der Waals surface area contributed by atoms with Crippen LogP contribution >= 0.6 is 47.6 Å². The molecule has 0 spiro atoms. The number of aromatic hydroxyl groups is 1. The fraction of sp³-hybridized carbons (Fsp3) is 0. The van der Waals surface area contributed by atoms with Crippen molar-refractivity contribution in [2.24, 2.45) is 0 Å². The molecule has 29 heavy (non-hydrogen) atoms. The summed E-state index contributed by atoms with van der Waals surface area (Å²) in [5, 5.41) is 12.8. The summed E-state index contributed by atoms with van der Waals surface area (Å²) >= 11 is 22.1. The van der Waals surface area contributed by atoms with Crippen molar-refractivity contribution in [1.82, 2.24) is 5.32 Å². The van der Waals surface area contributed by atoms with E-state index in [0.717, 1.165) is 10.4 Å². The Morgan fingerprint density at radius 2 is 1.83 bits per heavy atom. The molecular weight excluding hydrogens is 463 g/mol. The van der Waals surface area contributed by atoms with E-state index in [4.69, 9.17) is 44.0 Å². The Kier molecular flexibility index (Phi) is 6.49. The smallest absolute Gasteiger partial charge is 0.338 e. The highest BCUT2D eigenvalue weighted by atomic mass is 35.5. The second-order valence-electron chi connectivity index (χ2n) is 5.50. The van der Waals surface area contributed by atoms with E-state index in [-0.39, 0.29) is 38.7 Å². The molecule has 2 aromatic carbocycles. The Labute approximate surface area is 185 Å². The second-order valence-corrected chi connectivity index (χ2v) is 7.15. The third-order valence-electron chi connectivity index (χ3n) is 3.53. The number of thiol groups is 1. The first-order valence-corrected chi connectivity index (χ1v) is 9.33. The number of phenolic OH excluding ortho intramolecular Hbond substituents is 1. The number of amides is 3. The maximum atomic E-state index is 12.3. The number of hydrogen-bond donors (Lipinski definition) is 3. The lowest BCUT2D eigenvalue weighted by atomic mass is 10.2. The van der Waals surface area contributed by atoms with E-state index in [0.29, 0.717) is 5.02 Å². The van der Waals surface area contributed by atoms with E-state index in [1.54, 1.807) is 6.07 Å². The molecular formula is C18H11Cl3N2O5S. The van der Waals surface area contributed by atoms with Crippen molar-refractivity contribution in [3.8, 4) is 17.2 Å². The fourth-order valence-electron chi connectivity index (χ4n) is 2.18. The second kappa shape index (κ2) is 8.87. The largest absolute Gasteiger partial charge is 0.504 e. The van der Waals surface area contributed by atoms with Crippen LogP contribution in [0.4, 0.5) is 10.5 Å². The van der Waals surface area contributed by atoms with Crippen LogP contribution in [0.25, 0.3) is 0 Å². The molecule has 0 unspecified atom stereocenters. The summed E-state index contributed by atoms with van der Waals surface area (Å²) in [6.07, 6.45) is 1.29. The number of carbonyl (C=O) groups excluding carboxylic acids is 2. The predicted molar refractivity (Wildman–Crippen MR) is 113 cm³/mol. The van der Waals surface area contributed by atoms with E-state index in [9.17, 15) is 14.7 Å². The van der Waals surface area contributed by atoms with Gasteiger partial charge in [-0.05, 0) is 30.3 Å². The van der Waals surface area contributed by atoms with E-state index >= 15 is 0 Å². The van der Waals surface area contributed by atoms with Gasteiger partial charge >= 0.3 is 6.03 Å². The van der Waals surface area contributed by atoms with Crippen LogP contribution in [0.2, 0.25) is 15.1 Å². The summed E-state index contributed by atoms with van der Waals surface area (Å²) in [7, 11) is 0. The minimum absolute atomic E-state index is 0.0207. The topological polar surface area (TPSA) is 92.0 Å². The molecule has 0 aliphatic rings. The van der Waals surface area contributed by atoms with Crippen LogP contribution in [0.1, 0.15) is 10.6 Å². The molecule has 0 saturated carbocycles. The SMILES string of the molecule is O=C(NC(=O)N(S)c1cc(Oc2ccc(Cl)cc2Cl)c(O)cc1Cl)c1ccco1. The van der Waals surface area contributed by atoms with Gasteiger partial charge in [0, 0.05) is 17.2 Å². The standard InChI is InChI=1S/C18H11Cl3N2O5S/c19-9-3-4-14(11(21)6-9)28-16-8-12(10(20)7-13(16)24)23(29)18(26)22-17(25)15-2-1-5-27-15/h1-8,24,29H,(H,22,25,26). The van der Waals surface area contributed by atoms with E-state index < -0.39 is 11.9 Å². The highest BCUT2D eigenvalue weighted by Gasteiger charge is 2.22. The highest BCUT2D eigenvalue weighted by Crippen LogP contribution is 2.41. The van der Waals surface area contributed by atoms with Crippen molar-refractivity contribution >= 4 is 65.2 Å². The molecule has 1 heterocycles. The summed E-state index contributed by atoms with van der Waals surface area (Å²) in [4.78, 5) is 24.3. The van der Waals surface area contributed by atoms with Gasteiger partial charge in [0.1, 0.15) is 5.75 Å². The lowest BCUT2D eigenvalue weighted by molar-refractivity contribution is 0.0939. The number of furan rings is 1. The van der Waals surface area contributed by atoms with Crippen LogP contribution in [0, 0.1) is 0 Å². The molecule has 0 saturated heterocycles. The van der Waals surface area contributed by atoms with Crippen LogP contribution in [0.5, 0.6) is 17.2 Å². The third-order valence-corrected chi connectivity index (χ3v) is 4.76. The molecule has 0 bridgehead atoms. The molecule has 2 N–H and O–H groups in total. The van der Waals surface area contributed by atoms with E-state index in [2.05, 4.69) is 18.1 Å².